The van der Waals surface area contributed by atoms with Crippen molar-refractivity contribution in [1.29, 1.82) is 0 Å². The molecule has 0 bridgehead atoms. The van der Waals surface area contributed by atoms with Crippen LogP contribution in [0.3, 0.4) is 0 Å². The second-order valence-electron chi connectivity index (χ2n) is 7.89. The molecule has 2 fully saturated rings. The maximum Gasteiger partial charge on any atom is 0.153 e. The van der Waals surface area contributed by atoms with Gasteiger partial charge < -0.3 is 10.1 Å². The van der Waals surface area contributed by atoms with Crippen LogP contribution in [0.1, 0.15) is 82.9 Å². The summed E-state index contributed by atoms with van der Waals surface area (Å²) in [5, 5.41) is 8.65. The van der Waals surface area contributed by atoms with E-state index in [1.54, 1.807) is 0 Å². The van der Waals surface area contributed by atoms with E-state index in [-0.39, 0.29) is 0 Å². The van der Waals surface area contributed by atoms with Crippen molar-refractivity contribution in [3.05, 3.63) is 11.6 Å². The fourth-order valence-corrected chi connectivity index (χ4v) is 4.69. The molecule has 2 aliphatic carbocycles. The molecule has 128 valence electrons. The molecule has 1 spiro atoms. The number of nitrogens with one attached hydrogen (secondary N) is 1. The lowest BCUT2D eigenvalue weighted by molar-refractivity contribution is -0.175. The highest BCUT2D eigenvalue weighted by molar-refractivity contribution is 5.14. The lowest BCUT2D eigenvalue weighted by Crippen LogP contribution is -2.67. The molecule has 1 aromatic heterocycles. The third-order valence-corrected chi connectivity index (χ3v) is 6.25. The number of nitrogens with zero attached hydrogens (tertiary/aromatic N) is 3. The number of aryl methyl sites for hydroxylation is 1. The first-order valence-corrected chi connectivity index (χ1v) is 9.46. The second kappa shape index (κ2) is 5.85. The molecule has 23 heavy (non-hydrogen) atoms. The van der Waals surface area contributed by atoms with Crippen molar-refractivity contribution in [1.82, 2.24) is 20.1 Å². The highest BCUT2D eigenvalue weighted by Gasteiger charge is 2.59. The van der Waals surface area contributed by atoms with Crippen LogP contribution >= 0.6 is 0 Å². The van der Waals surface area contributed by atoms with Gasteiger partial charge in [0, 0.05) is 30.5 Å². The van der Waals surface area contributed by atoms with E-state index in [9.17, 15) is 0 Å². The monoisotopic (exact) mass is 318 g/mol. The van der Waals surface area contributed by atoms with Crippen LogP contribution in [0.15, 0.2) is 0 Å². The minimum absolute atomic E-state index is 0.369. The zero-order valence-electron chi connectivity index (χ0n) is 14.7. The molecule has 2 heterocycles. The summed E-state index contributed by atoms with van der Waals surface area (Å²) >= 11 is 0. The Kier molecular flexibility index (Phi) is 3.96. The van der Waals surface area contributed by atoms with E-state index in [0.29, 0.717) is 29.5 Å². The Labute approximate surface area is 139 Å². The molecule has 0 aromatic carbocycles. The van der Waals surface area contributed by atoms with Crippen molar-refractivity contribution in [2.45, 2.75) is 89.9 Å². The van der Waals surface area contributed by atoms with Gasteiger partial charge in [-0.3, -0.25) is 0 Å². The quantitative estimate of drug-likeness (QED) is 0.906. The van der Waals surface area contributed by atoms with Crippen molar-refractivity contribution in [3.8, 4) is 0 Å². The van der Waals surface area contributed by atoms with Crippen molar-refractivity contribution in [3.63, 3.8) is 0 Å². The van der Waals surface area contributed by atoms with E-state index in [0.717, 1.165) is 31.2 Å². The highest BCUT2D eigenvalue weighted by atomic mass is 16.5. The maximum atomic E-state index is 5.99. The van der Waals surface area contributed by atoms with Crippen LogP contribution in [0, 0.1) is 5.41 Å². The van der Waals surface area contributed by atoms with Gasteiger partial charge in [-0.05, 0) is 39.0 Å². The molecule has 0 radical (unpaired) electrons. The summed E-state index contributed by atoms with van der Waals surface area (Å²) in [4.78, 5) is 4.85. The number of rotatable bonds is 5. The first kappa shape index (κ1) is 15.6. The first-order chi connectivity index (χ1) is 11.1. The first-order valence-electron chi connectivity index (χ1n) is 9.46. The number of aromatic nitrogens is 3. The van der Waals surface area contributed by atoms with Gasteiger partial charge in [0.15, 0.2) is 5.82 Å². The Balaban J connectivity index is 1.48. The Bertz CT molecular complexity index is 563. The molecule has 0 saturated heterocycles. The predicted molar refractivity (Wildman–Crippen MR) is 89.3 cm³/mol. The Morgan fingerprint density at radius 1 is 1.35 bits per heavy atom. The molecular weight excluding hydrogens is 288 g/mol. The minimum Gasteiger partial charge on any atom is -0.378 e. The minimum atomic E-state index is 0.369. The van der Waals surface area contributed by atoms with Gasteiger partial charge in [0.2, 0.25) is 0 Å². The van der Waals surface area contributed by atoms with Gasteiger partial charge >= 0.3 is 0 Å². The molecule has 0 unspecified atom stereocenters. The zero-order valence-corrected chi connectivity index (χ0v) is 14.7. The maximum absolute atomic E-state index is 5.99. The lowest BCUT2D eigenvalue weighted by atomic mass is 9.51. The predicted octanol–water partition coefficient (Wildman–Crippen LogP) is 3.17. The van der Waals surface area contributed by atoms with E-state index < -0.39 is 0 Å². The average Bonchev–Trinajstić information content (AvgIpc) is 2.89. The molecule has 5 heteroatoms. The SMILES string of the molecule is CCO[C@@H]1C[C@H](N[C@H]2CCCn3nc(C(C)C)nc32)C12CCC2. The standard InChI is InChI=1S/C18H30N4O/c1-4-23-15-11-14(18(15)8-6-9-18)19-13-7-5-10-22-17(13)20-16(21-22)12(2)3/h12-15,19H,4-11H2,1-3H3/t13-,14-,15+/m0/s1. The van der Waals surface area contributed by atoms with Gasteiger partial charge in [-0.2, -0.15) is 5.10 Å². The van der Waals surface area contributed by atoms with E-state index in [1.165, 1.54) is 32.1 Å². The van der Waals surface area contributed by atoms with Gasteiger partial charge in [-0.15, -0.1) is 0 Å². The summed E-state index contributed by atoms with van der Waals surface area (Å²) in [6, 6.07) is 0.970. The fraction of sp³-hybridized carbons (Fsp3) is 0.889. The summed E-state index contributed by atoms with van der Waals surface area (Å²) in [5.41, 5.74) is 0.416. The summed E-state index contributed by atoms with van der Waals surface area (Å²) in [6.07, 6.45) is 8.03. The molecule has 1 aliphatic heterocycles. The van der Waals surface area contributed by atoms with Gasteiger partial charge in [0.25, 0.3) is 0 Å². The van der Waals surface area contributed by atoms with E-state index in [1.807, 2.05) is 0 Å². The molecule has 5 nitrogen and oxygen atoms in total. The normalized spacial score (nSPS) is 31.7. The van der Waals surface area contributed by atoms with E-state index >= 15 is 0 Å². The molecule has 2 saturated carbocycles. The van der Waals surface area contributed by atoms with Gasteiger partial charge in [-0.25, -0.2) is 9.67 Å². The zero-order chi connectivity index (χ0) is 16.0. The van der Waals surface area contributed by atoms with Crippen molar-refractivity contribution in [2.75, 3.05) is 6.61 Å². The number of hydrogen-bond acceptors (Lipinski definition) is 4. The van der Waals surface area contributed by atoms with Crippen molar-refractivity contribution in [2.24, 2.45) is 5.41 Å². The third-order valence-electron chi connectivity index (χ3n) is 6.25. The summed E-state index contributed by atoms with van der Waals surface area (Å²) in [7, 11) is 0. The van der Waals surface area contributed by atoms with Crippen LogP contribution in [-0.4, -0.2) is 33.5 Å². The van der Waals surface area contributed by atoms with Crippen molar-refractivity contribution >= 4 is 0 Å². The molecule has 1 aromatic rings. The Hall–Kier alpha value is -0.940. The molecule has 4 rings (SSSR count). The Morgan fingerprint density at radius 2 is 2.17 bits per heavy atom. The fourth-order valence-electron chi connectivity index (χ4n) is 4.69. The molecular formula is C18H30N4O. The smallest absolute Gasteiger partial charge is 0.153 e. The van der Waals surface area contributed by atoms with E-state index in [4.69, 9.17) is 14.8 Å². The van der Waals surface area contributed by atoms with Crippen LogP contribution in [0.2, 0.25) is 0 Å². The van der Waals surface area contributed by atoms with Gasteiger partial charge in [0.1, 0.15) is 5.82 Å². The summed E-state index contributed by atoms with van der Waals surface area (Å²) in [5.74, 6) is 2.56. The topological polar surface area (TPSA) is 52.0 Å². The Morgan fingerprint density at radius 3 is 2.83 bits per heavy atom. The van der Waals surface area contributed by atoms with E-state index in [2.05, 4.69) is 30.8 Å². The average molecular weight is 318 g/mol. The van der Waals surface area contributed by atoms with Crippen LogP contribution in [0.4, 0.5) is 0 Å². The third kappa shape index (κ3) is 2.43. The molecule has 0 amide bonds. The van der Waals surface area contributed by atoms with Crippen LogP contribution < -0.4 is 5.32 Å². The number of ether oxygens (including phenoxy) is 1. The largest absolute Gasteiger partial charge is 0.378 e. The summed E-state index contributed by atoms with van der Waals surface area (Å²) < 4.78 is 8.13. The molecule has 3 atom stereocenters. The van der Waals surface area contributed by atoms with Gasteiger partial charge in [-0.1, -0.05) is 20.3 Å². The summed E-state index contributed by atoms with van der Waals surface area (Å²) in [6.45, 7) is 8.32. The van der Waals surface area contributed by atoms with Crippen LogP contribution in [0.25, 0.3) is 0 Å². The second-order valence-corrected chi connectivity index (χ2v) is 7.89. The van der Waals surface area contributed by atoms with Crippen LogP contribution in [0.5, 0.6) is 0 Å². The number of fused-ring (bicyclic) bond motifs is 1. The lowest BCUT2D eigenvalue weighted by Gasteiger charge is -2.61. The molecule has 1 N–H and O–H groups in total. The van der Waals surface area contributed by atoms with Crippen molar-refractivity contribution < 1.29 is 4.74 Å². The van der Waals surface area contributed by atoms with Gasteiger partial charge in [0.05, 0.1) is 12.1 Å². The highest BCUT2D eigenvalue weighted by Crippen LogP contribution is 2.57. The number of hydrogen-bond donors (Lipinski definition) is 1. The van der Waals surface area contributed by atoms with Crippen LogP contribution in [-0.2, 0) is 11.3 Å². The molecule has 3 aliphatic rings.